The van der Waals surface area contributed by atoms with E-state index in [2.05, 4.69) is 5.32 Å². The van der Waals surface area contributed by atoms with Crippen LogP contribution in [0.5, 0.6) is 11.5 Å². The van der Waals surface area contributed by atoms with E-state index in [0.29, 0.717) is 0 Å². The average Bonchev–Trinajstić information content (AvgIpc) is 2.84. The lowest BCUT2D eigenvalue weighted by Crippen LogP contribution is -2.23. The first-order valence-corrected chi connectivity index (χ1v) is 4.10. The van der Waals surface area contributed by atoms with Crippen molar-refractivity contribution in [3.63, 3.8) is 0 Å². The van der Waals surface area contributed by atoms with Gasteiger partial charge in [0, 0.05) is 12.9 Å². The van der Waals surface area contributed by atoms with E-state index in [1.54, 1.807) is 0 Å². The van der Waals surface area contributed by atoms with Crippen molar-refractivity contribution < 1.29 is 20.4 Å². The highest BCUT2D eigenvalue weighted by Gasteiger charge is 2.13. The summed E-state index contributed by atoms with van der Waals surface area (Å²) in [6.45, 7) is -2.93. The van der Waals surface area contributed by atoms with E-state index in [0.717, 1.165) is 0 Å². The minimum atomic E-state index is -2.70. The summed E-state index contributed by atoms with van der Waals surface area (Å²) in [5, 5.41) is 2.38. The number of fused-ring (bicyclic) bond motifs is 1. The molecular weight excluding hydrogens is 178 g/mol. The van der Waals surface area contributed by atoms with Crippen molar-refractivity contribution in [2.24, 2.45) is 0 Å². The molecule has 0 aliphatic carbocycles. The first-order chi connectivity index (χ1) is 10.0. The average molecular weight is 201 g/mol. The summed E-state index contributed by atoms with van der Waals surface area (Å²) in [5.41, 5.74) is -0.503. The Hall–Kier alpha value is -1.22. The molecule has 0 radical (unpaired) electrons. The van der Waals surface area contributed by atoms with Crippen LogP contribution in [0.15, 0.2) is 18.1 Å². The lowest BCUT2D eigenvalue weighted by atomic mass is 10.1. The van der Waals surface area contributed by atoms with Crippen LogP contribution in [-0.4, -0.2) is 19.9 Å². The molecule has 1 unspecified atom stereocenters. The monoisotopic (exact) mass is 201 g/mol. The summed E-state index contributed by atoms with van der Waals surface area (Å²) < 4.78 is 72.5. The lowest BCUT2D eigenvalue weighted by molar-refractivity contribution is 0.174. The third kappa shape index (κ3) is 1.82. The van der Waals surface area contributed by atoms with Gasteiger partial charge in [0.05, 0.1) is 4.11 Å². The van der Waals surface area contributed by atoms with Gasteiger partial charge < -0.3 is 14.8 Å². The molecule has 3 nitrogen and oxygen atoms in total. The fraction of sp³-hybridized carbons (Fsp3) is 0.455. The largest absolute Gasteiger partial charge is 0.454 e. The standard InChI is InChI=1S/C11H15NO2/c1-8(12-2)5-9-3-4-10-11(6-9)14-7-13-10/h3-4,6,8,12H,5,7H2,1-2H3/i1D3,3D,4D,5D2,6D. The summed E-state index contributed by atoms with van der Waals surface area (Å²) in [6, 6.07) is -3.12. The molecule has 14 heavy (non-hydrogen) atoms. The third-order valence-corrected chi connectivity index (χ3v) is 1.73. The van der Waals surface area contributed by atoms with Gasteiger partial charge in [-0.15, -0.1) is 0 Å². The van der Waals surface area contributed by atoms with Crippen molar-refractivity contribution in [3.8, 4) is 11.5 Å². The first kappa shape index (κ1) is 3.74. The maximum Gasteiger partial charge on any atom is 0.231 e. The van der Waals surface area contributed by atoms with Crippen LogP contribution in [0.1, 0.15) is 23.4 Å². The Morgan fingerprint density at radius 2 is 2.50 bits per heavy atom. The van der Waals surface area contributed by atoms with Gasteiger partial charge in [0.1, 0.15) is 0 Å². The minimum Gasteiger partial charge on any atom is -0.454 e. The van der Waals surface area contributed by atoms with E-state index in [1.807, 2.05) is 0 Å². The normalized spacial score (nSPS) is 25.8. The molecule has 2 rings (SSSR count). The van der Waals surface area contributed by atoms with Gasteiger partial charge in [-0.2, -0.15) is 0 Å². The van der Waals surface area contributed by atoms with Gasteiger partial charge in [0.15, 0.2) is 11.5 Å². The molecule has 1 aliphatic rings. The molecule has 1 heterocycles. The molecule has 1 atom stereocenters. The number of hydrogen-bond acceptors (Lipinski definition) is 3. The SMILES string of the molecule is [2H]c1c([2H])c(C([2H])([2H])C(NC)C([2H])([2H])[2H])c([2H])c2c1OCO2. The molecule has 0 amide bonds. The minimum absolute atomic E-state index is 0.0931. The van der Waals surface area contributed by atoms with E-state index in [-0.39, 0.29) is 18.3 Å². The molecular formula is C11H15NO2. The molecule has 0 bridgehead atoms. The summed E-state index contributed by atoms with van der Waals surface area (Å²) in [7, 11) is 1.29. The lowest BCUT2D eigenvalue weighted by Gasteiger charge is -2.09. The number of nitrogens with one attached hydrogen (secondary N) is 1. The zero-order valence-electron chi connectivity index (χ0n) is 15.6. The molecule has 1 aromatic rings. The summed E-state index contributed by atoms with van der Waals surface area (Å²) in [4.78, 5) is 0. The van der Waals surface area contributed by atoms with Crippen molar-refractivity contribution >= 4 is 0 Å². The highest BCUT2D eigenvalue weighted by molar-refractivity contribution is 5.44. The van der Waals surface area contributed by atoms with Crippen LogP contribution in [0.2, 0.25) is 0 Å². The number of hydrogen-bond donors (Lipinski definition) is 1. The van der Waals surface area contributed by atoms with Crippen LogP contribution in [0.25, 0.3) is 0 Å². The van der Waals surface area contributed by atoms with E-state index in [1.165, 1.54) is 7.05 Å². The Morgan fingerprint density at radius 1 is 1.64 bits per heavy atom. The molecule has 0 spiro atoms. The maximum absolute atomic E-state index is 8.15. The maximum atomic E-state index is 8.15. The van der Waals surface area contributed by atoms with Crippen LogP contribution in [-0.2, 0) is 6.37 Å². The Labute approximate surface area is 95.3 Å². The Kier molecular flexibility index (Phi) is 1.04. The molecule has 0 saturated heterocycles. The number of ether oxygens (including phenoxy) is 2. The fourth-order valence-corrected chi connectivity index (χ4v) is 1.02. The van der Waals surface area contributed by atoms with Crippen LogP contribution >= 0.6 is 0 Å². The van der Waals surface area contributed by atoms with E-state index < -0.39 is 43.0 Å². The second-order valence-electron chi connectivity index (χ2n) is 2.68. The number of rotatable bonds is 3. The van der Waals surface area contributed by atoms with Crippen molar-refractivity contribution in [1.82, 2.24) is 5.32 Å². The number of likely N-dealkylation sites (N-methyl/N-ethyl adjacent to an activating group) is 1. The Morgan fingerprint density at radius 3 is 3.29 bits per heavy atom. The van der Waals surface area contributed by atoms with Gasteiger partial charge in [-0.25, -0.2) is 0 Å². The zero-order valence-corrected chi connectivity index (χ0v) is 7.60. The highest BCUT2D eigenvalue weighted by atomic mass is 16.7. The van der Waals surface area contributed by atoms with Crippen molar-refractivity contribution in [2.45, 2.75) is 19.3 Å². The molecule has 0 aromatic heterocycles. The summed E-state index contributed by atoms with van der Waals surface area (Å²) >= 11 is 0. The number of benzene rings is 1. The molecule has 1 aromatic carbocycles. The Bertz CT molecular complexity index is 601. The quantitative estimate of drug-likeness (QED) is 0.805. The molecule has 0 saturated carbocycles. The zero-order chi connectivity index (χ0) is 16.9. The van der Waals surface area contributed by atoms with Gasteiger partial charge in [-0.05, 0) is 37.9 Å². The second-order valence-corrected chi connectivity index (χ2v) is 2.68. The molecule has 76 valence electrons. The summed E-state index contributed by atoms with van der Waals surface area (Å²) in [6.07, 6.45) is -2.58. The topological polar surface area (TPSA) is 30.5 Å². The van der Waals surface area contributed by atoms with Crippen LogP contribution in [0, 0.1) is 0 Å². The third-order valence-electron chi connectivity index (χ3n) is 1.73. The van der Waals surface area contributed by atoms with Crippen molar-refractivity contribution in [3.05, 3.63) is 23.7 Å². The van der Waals surface area contributed by atoms with Crippen LogP contribution in [0.4, 0.5) is 0 Å². The van der Waals surface area contributed by atoms with E-state index >= 15 is 0 Å². The molecule has 3 heteroatoms. The predicted octanol–water partition coefficient (Wildman–Crippen LogP) is 1.57. The molecule has 1 N–H and O–H groups in total. The van der Waals surface area contributed by atoms with E-state index in [9.17, 15) is 0 Å². The van der Waals surface area contributed by atoms with Gasteiger partial charge >= 0.3 is 0 Å². The van der Waals surface area contributed by atoms with Gasteiger partial charge in [-0.3, -0.25) is 0 Å². The van der Waals surface area contributed by atoms with Crippen LogP contribution < -0.4 is 14.8 Å². The molecule has 1 aliphatic heterocycles. The van der Waals surface area contributed by atoms with E-state index in [4.69, 9.17) is 20.4 Å². The van der Waals surface area contributed by atoms with Crippen LogP contribution in [0.3, 0.4) is 0 Å². The van der Waals surface area contributed by atoms with Gasteiger partial charge in [-0.1, -0.05) is 6.04 Å². The van der Waals surface area contributed by atoms with Crippen molar-refractivity contribution in [2.75, 3.05) is 13.8 Å². The highest BCUT2D eigenvalue weighted by Crippen LogP contribution is 2.32. The smallest absolute Gasteiger partial charge is 0.231 e. The Balaban J connectivity index is 2.69. The second kappa shape index (κ2) is 3.88. The van der Waals surface area contributed by atoms with Gasteiger partial charge in [0.2, 0.25) is 6.79 Å². The molecule has 0 fully saturated rings. The summed E-state index contributed by atoms with van der Waals surface area (Å²) in [5.74, 6) is -0.232. The van der Waals surface area contributed by atoms with Crippen molar-refractivity contribution in [1.29, 1.82) is 0 Å². The first-order valence-electron chi connectivity index (χ1n) is 8.10. The van der Waals surface area contributed by atoms with Gasteiger partial charge in [0.25, 0.3) is 0 Å². The fourth-order valence-electron chi connectivity index (χ4n) is 1.02. The predicted molar refractivity (Wildman–Crippen MR) is 54.8 cm³/mol.